The zero-order chi connectivity index (χ0) is 14.2. The second kappa shape index (κ2) is 5.24. The number of ketones is 1. The Morgan fingerprint density at radius 2 is 1.67 bits per heavy atom. The number of Topliss-reactive ketones (excluding diaryl/α,β-unsaturated/α-hetero) is 1. The van der Waals surface area contributed by atoms with Crippen LogP contribution in [-0.4, -0.2) is 5.78 Å². The van der Waals surface area contributed by atoms with Crippen LogP contribution in [0.2, 0.25) is 0 Å². The van der Waals surface area contributed by atoms with Gasteiger partial charge in [-0.05, 0) is 16.5 Å². The van der Waals surface area contributed by atoms with E-state index < -0.39 is 0 Å². The molecule has 4 rings (SSSR count). The topological polar surface area (TPSA) is 17.1 Å². The smallest absolute Gasteiger partial charge is 0.191 e. The number of allylic oxidation sites excluding steroid dienone is 1. The third-order valence-corrected chi connectivity index (χ3v) is 6.19. The Morgan fingerprint density at radius 1 is 0.905 bits per heavy atom. The monoisotopic (exact) mass is 308 g/mol. The summed E-state index contributed by atoms with van der Waals surface area (Å²) in [6, 6.07) is 18.3. The Labute approximate surface area is 132 Å². The molecule has 0 fully saturated rings. The average Bonchev–Trinajstić information content (AvgIpc) is 3.14. The summed E-state index contributed by atoms with van der Waals surface area (Å²) >= 11 is 3.39. The van der Waals surface area contributed by atoms with Crippen molar-refractivity contribution in [3.05, 3.63) is 86.5 Å². The van der Waals surface area contributed by atoms with Gasteiger partial charge in [0.2, 0.25) is 0 Å². The van der Waals surface area contributed by atoms with E-state index in [1.807, 2.05) is 36.4 Å². The highest BCUT2D eigenvalue weighted by Crippen LogP contribution is 2.51. The summed E-state index contributed by atoms with van der Waals surface area (Å²) in [5.41, 5.74) is 4.19. The van der Waals surface area contributed by atoms with Gasteiger partial charge in [0.25, 0.3) is 0 Å². The van der Waals surface area contributed by atoms with Crippen molar-refractivity contribution in [3.8, 4) is 0 Å². The Morgan fingerprint density at radius 3 is 2.48 bits per heavy atom. The van der Waals surface area contributed by atoms with Crippen LogP contribution < -0.4 is 0 Å². The van der Waals surface area contributed by atoms with Crippen LogP contribution in [0, 0.1) is 0 Å². The number of hydrogen-bond acceptors (Lipinski definition) is 3. The third kappa shape index (κ3) is 2.27. The number of carbonyl (C=O) groups is 1. The third-order valence-electron chi connectivity index (χ3n) is 3.68. The molecule has 3 heteroatoms. The first-order chi connectivity index (χ1) is 10.3. The lowest BCUT2D eigenvalue weighted by Crippen LogP contribution is -1.96. The van der Waals surface area contributed by atoms with E-state index in [1.165, 1.54) is 10.5 Å². The van der Waals surface area contributed by atoms with Crippen LogP contribution in [0.5, 0.6) is 0 Å². The maximum Gasteiger partial charge on any atom is 0.191 e. The van der Waals surface area contributed by atoms with Crippen molar-refractivity contribution in [2.45, 2.75) is 6.42 Å². The summed E-state index contributed by atoms with van der Waals surface area (Å²) in [7, 11) is 0. The van der Waals surface area contributed by atoms with E-state index in [2.05, 4.69) is 23.6 Å². The molecule has 0 bridgehead atoms. The molecule has 1 heterocycles. The quantitative estimate of drug-likeness (QED) is 0.681. The molecule has 0 aromatic heterocycles. The summed E-state index contributed by atoms with van der Waals surface area (Å²) in [4.78, 5) is 13.7. The van der Waals surface area contributed by atoms with Crippen LogP contribution in [0.3, 0.4) is 0 Å². The van der Waals surface area contributed by atoms with Gasteiger partial charge in [-0.1, -0.05) is 78.1 Å². The number of fused-ring (bicyclic) bond motifs is 1. The van der Waals surface area contributed by atoms with Crippen molar-refractivity contribution >= 4 is 34.2 Å². The SMILES string of the molecule is O=C1/C(=C2/SC=C(c3ccccc3)S2)Cc2ccccc21. The lowest BCUT2D eigenvalue weighted by Gasteiger charge is -2.03. The molecule has 0 unspecified atom stereocenters. The van der Waals surface area contributed by atoms with Crippen LogP contribution in [-0.2, 0) is 6.42 Å². The molecule has 0 atom stereocenters. The number of hydrogen-bond donors (Lipinski definition) is 0. The molecular weight excluding hydrogens is 296 g/mol. The standard InChI is InChI=1S/C18H12OS2/c19-17-14-9-5-4-8-13(14)10-15(17)18-20-11-16(21-18)12-6-2-1-3-7-12/h1-9,11H,10H2/b18-15-. The maximum absolute atomic E-state index is 12.5. The summed E-state index contributed by atoms with van der Waals surface area (Å²) in [6.07, 6.45) is 0.764. The predicted molar refractivity (Wildman–Crippen MR) is 91.1 cm³/mol. The van der Waals surface area contributed by atoms with Gasteiger partial charge in [0.05, 0.1) is 4.24 Å². The summed E-state index contributed by atoms with van der Waals surface area (Å²) in [6.45, 7) is 0. The Balaban J connectivity index is 1.65. The van der Waals surface area contributed by atoms with E-state index in [9.17, 15) is 4.79 Å². The van der Waals surface area contributed by atoms with Gasteiger partial charge < -0.3 is 0 Å². The molecule has 2 aliphatic rings. The fourth-order valence-electron chi connectivity index (χ4n) is 2.61. The molecule has 2 aromatic rings. The zero-order valence-electron chi connectivity index (χ0n) is 11.2. The minimum atomic E-state index is 0.198. The summed E-state index contributed by atoms with van der Waals surface area (Å²) in [5, 5.41) is 2.15. The van der Waals surface area contributed by atoms with Gasteiger partial charge in [-0.2, -0.15) is 0 Å². The van der Waals surface area contributed by atoms with Crippen molar-refractivity contribution in [2.24, 2.45) is 0 Å². The summed E-state index contributed by atoms with van der Waals surface area (Å²) in [5.74, 6) is 0.198. The van der Waals surface area contributed by atoms with Crippen molar-refractivity contribution in [3.63, 3.8) is 0 Å². The van der Waals surface area contributed by atoms with Crippen LogP contribution in [0.15, 0.2) is 69.8 Å². The molecular formula is C18H12OS2. The van der Waals surface area contributed by atoms with Crippen LogP contribution in [0.4, 0.5) is 0 Å². The number of rotatable bonds is 1. The molecule has 1 aliphatic carbocycles. The molecule has 0 radical (unpaired) electrons. The lowest BCUT2D eigenvalue weighted by atomic mass is 10.1. The maximum atomic E-state index is 12.5. The molecule has 1 nitrogen and oxygen atoms in total. The van der Waals surface area contributed by atoms with Gasteiger partial charge in [0, 0.05) is 22.5 Å². The normalized spacial score (nSPS) is 20.6. The second-order valence-electron chi connectivity index (χ2n) is 5.00. The van der Waals surface area contributed by atoms with E-state index in [4.69, 9.17) is 0 Å². The highest BCUT2D eigenvalue weighted by atomic mass is 32.2. The molecule has 0 saturated carbocycles. The number of carbonyl (C=O) groups excluding carboxylic acids is 1. The van der Waals surface area contributed by atoms with Gasteiger partial charge in [0.15, 0.2) is 5.78 Å². The first-order valence-corrected chi connectivity index (χ1v) is 8.48. The first-order valence-electron chi connectivity index (χ1n) is 6.79. The van der Waals surface area contributed by atoms with Gasteiger partial charge in [0.1, 0.15) is 0 Å². The fourth-order valence-corrected chi connectivity index (χ4v) is 4.95. The molecule has 1 aliphatic heterocycles. The van der Waals surface area contributed by atoms with Crippen molar-refractivity contribution < 1.29 is 4.79 Å². The predicted octanol–water partition coefficient (Wildman–Crippen LogP) is 5.12. The first kappa shape index (κ1) is 13.0. The Bertz CT molecular complexity index is 788. The fraction of sp³-hybridized carbons (Fsp3) is 0.0556. The van der Waals surface area contributed by atoms with Crippen molar-refractivity contribution in [2.75, 3.05) is 0 Å². The minimum absolute atomic E-state index is 0.198. The molecule has 0 saturated heterocycles. The van der Waals surface area contributed by atoms with Crippen LogP contribution >= 0.6 is 23.5 Å². The number of benzene rings is 2. The molecule has 0 amide bonds. The molecule has 0 spiro atoms. The van der Waals surface area contributed by atoms with Gasteiger partial charge >= 0.3 is 0 Å². The minimum Gasteiger partial charge on any atom is -0.289 e. The molecule has 0 N–H and O–H groups in total. The Hall–Kier alpha value is -1.71. The second-order valence-corrected chi connectivity index (χ2v) is 7.19. The van der Waals surface area contributed by atoms with E-state index in [-0.39, 0.29) is 5.78 Å². The average molecular weight is 308 g/mol. The number of thioether (sulfide) groups is 2. The molecule has 2 aromatic carbocycles. The summed E-state index contributed by atoms with van der Waals surface area (Å²) < 4.78 is 1.13. The van der Waals surface area contributed by atoms with Gasteiger partial charge in [-0.3, -0.25) is 4.79 Å². The van der Waals surface area contributed by atoms with E-state index >= 15 is 0 Å². The molecule has 102 valence electrons. The lowest BCUT2D eigenvalue weighted by molar-refractivity contribution is 0.103. The van der Waals surface area contributed by atoms with Crippen LogP contribution in [0.25, 0.3) is 4.91 Å². The van der Waals surface area contributed by atoms with E-state index in [0.29, 0.717) is 0 Å². The van der Waals surface area contributed by atoms with Crippen LogP contribution in [0.1, 0.15) is 21.5 Å². The molecule has 21 heavy (non-hydrogen) atoms. The largest absolute Gasteiger partial charge is 0.289 e. The Kier molecular flexibility index (Phi) is 3.24. The van der Waals surface area contributed by atoms with Crippen molar-refractivity contribution in [1.29, 1.82) is 0 Å². The van der Waals surface area contributed by atoms with Gasteiger partial charge in [-0.25, -0.2) is 0 Å². The van der Waals surface area contributed by atoms with E-state index in [0.717, 1.165) is 27.4 Å². The zero-order valence-corrected chi connectivity index (χ0v) is 12.8. The highest BCUT2D eigenvalue weighted by Gasteiger charge is 2.29. The van der Waals surface area contributed by atoms with E-state index in [1.54, 1.807) is 23.5 Å². The van der Waals surface area contributed by atoms with Gasteiger partial charge in [-0.15, -0.1) is 0 Å². The van der Waals surface area contributed by atoms with Crippen molar-refractivity contribution in [1.82, 2.24) is 0 Å². The highest BCUT2D eigenvalue weighted by molar-refractivity contribution is 8.31.